The van der Waals surface area contributed by atoms with E-state index in [-0.39, 0.29) is 11.5 Å². The molecule has 4 fully saturated rings. The maximum absolute atomic E-state index is 11.0. The van der Waals surface area contributed by atoms with Crippen molar-refractivity contribution in [3.8, 4) is 6.07 Å². The third kappa shape index (κ3) is 2.60. The number of aliphatic hydroxyl groups excluding tert-OH is 1. The molecule has 0 aromatic carbocycles. The molecule has 2 heteroatoms. The molecular formula is C24H39NO. The molecule has 2 nitrogen and oxygen atoms in total. The molecule has 0 bridgehead atoms. The standard InChI is InChI=1S/C24H39NO/c1-16(6-5-15-25)19-11-12-20-18-10-9-17-7-4-8-22(26)24(17,3)21(18)13-14-23(19,20)2/h16-22,26H,4-14H2,1-3H3/t16-,17?,18+,19-,20+,21+,22?,23-,24+/m1/s1. The molecule has 9 atom stereocenters. The molecule has 4 aliphatic rings. The van der Waals surface area contributed by atoms with E-state index in [0.717, 1.165) is 48.9 Å². The highest BCUT2D eigenvalue weighted by molar-refractivity contribution is 5.10. The lowest BCUT2D eigenvalue weighted by Crippen LogP contribution is -2.57. The molecule has 0 heterocycles. The van der Waals surface area contributed by atoms with Crippen LogP contribution in [0.4, 0.5) is 0 Å². The second-order valence-corrected chi connectivity index (χ2v) is 10.9. The van der Waals surface area contributed by atoms with Crippen molar-refractivity contribution >= 4 is 0 Å². The molecule has 2 unspecified atom stereocenters. The zero-order chi connectivity index (χ0) is 18.5. The van der Waals surface area contributed by atoms with E-state index in [1.54, 1.807) is 0 Å². The van der Waals surface area contributed by atoms with Gasteiger partial charge < -0.3 is 5.11 Å². The fourth-order valence-electron chi connectivity index (χ4n) is 8.78. The van der Waals surface area contributed by atoms with Gasteiger partial charge in [-0.1, -0.05) is 27.2 Å². The summed E-state index contributed by atoms with van der Waals surface area (Å²) in [6, 6.07) is 2.37. The van der Waals surface area contributed by atoms with Gasteiger partial charge in [-0.15, -0.1) is 0 Å². The van der Waals surface area contributed by atoms with E-state index in [4.69, 9.17) is 5.26 Å². The molecule has 4 aliphatic carbocycles. The van der Waals surface area contributed by atoms with E-state index in [2.05, 4.69) is 26.8 Å². The van der Waals surface area contributed by atoms with E-state index in [1.807, 2.05) is 0 Å². The van der Waals surface area contributed by atoms with Gasteiger partial charge in [0, 0.05) is 6.42 Å². The van der Waals surface area contributed by atoms with Crippen LogP contribution in [-0.2, 0) is 0 Å². The van der Waals surface area contributed by atoms with Gasteiger partial charge >= 0.3 is 0 Å². The molecule has 1 N–H and O–H groups in total. The highest BCUT2D eigenvalue weighted by atomic mass is 16.3. The summed E-state index contributed by atoms with van der Waals surface area (Å²) >= 11 is 0. The summed E-state index contributed by atoms with van der Waals surface area (Å²) in [6.07, 6.45) is 13.6. The molecule has 26 heavy (non-hydrogen) atoms. The second-order valence-electron chi connectivity index (χ2n) is 10.9. The predicted molar refractivity (Wildman–Crippen MR) is 105 cm³/mol. The van der Waals surface area contributed by atoms with Crippen molar-refractivity contribution in [1.82, 2.24) is 0 Å². The number of aliphatic hydroxyl groups is 1. The highest BCUT2D eigenvalue weighted by Crippen LogP contribution is 2.68. The Morgan fingerprint density at radius 1 is 1.04 bits per heavy atom. The molecule has 0 spiro atoms. The first-order valence-electron chi connectivity index (χ1n) is 11.5. The Labute approximate surface area is 160 Å². The first-order chi connectivity index (χ1) is 12.4. The number of fused-ring (bicyclic) bond motifs is 5. The van der Waals surface area contributed by atoms with Crippen LogP contribution in [0.3, 0.4) is 0 Å². The van der Waals surface area contributed by atoms with Crippen LogP contribution in [-0.4, -0.2) is 11.2 Å². The molecule has 0 aliphatic heterocycles. The Morgan fingerprint density at radius 3 is 2.62 bits per heavy atom. The van der Waals surface area contributed by atoms with Gasteiger partial charge in [-0.25, -0.2) is 0 Å². The SMILES string of the molecule is C[C@H](CCC#N)[C@H]1CC[C@H]2[C@@H]3CCC4CCCC(O)[C@]4(C)[C@H]3CC[C@]12C. The Bertz CT molecular complexity index is 567. The van der Waals surface area contributed by atoms with Crippen LogP contribution in [0.25, 0.3) is 0 Å². The summed E-state index contributed by atoms with van der Waals surface area (Å²) in [5.41, 5.74) is 0.672. The summed E-state index contributed by atoms with van der Waals surface area (Å²) in [7, 11) is 0. The molecule has 4 rings (SSSR count). The second kappa shape index (κ2) is 6.80. The van der Waals surface area contributed by atoms with Gasteiger partial charge in [-0.05, 0) is 104 Å². The fourth-order valence-corrected chi connectivity index (χ4v) is 8.78. The molecule has 0 aromatic heterocycles. The normalized spacial score (nSPS) is 51.7. The van der Waals surface area contributed by atoms with Crippen molar-refractivity contribution in [2.45, 2.75) is 97.5 Å². The first kappa shape index (κ1) is 18.8. The molecule has 0 amide bonds. The number of rotatable bonds is 3. The monoisotopic (exact) mass is 357 g/mol. The van der Waals surface area contributed by atoms with Crippen LogP contribution < -0.4 is 0 Å². The predicted octanol–water partition coefficient (Wildman–Crippen LogP) is 5.95. The lowest BCUT2D eigenvalue weighted by molar-refractivity contribution is -0.164. The van der Waals surface area contributed by atoms with Crippen molar-refractivity contribution in [2.24, 2.45) is 46.3 Å². The van der Waals surface area contributed by atoms with Crippen LogP contribution in [0.5, 0.6) is 0 Å². The average molecular weight is 358 g/mol. The summed E-state index contributed by atoms with van der Waals surface area (Å²) in [5.74, 6) is 4.72. The third-order valence-electron chi connectivity index (χ3n) is 10.2. The lowest BCUT2D eigenvalue weighted by atomic mass is 9.44. The van der Waals surface area contributed by atoms with Gasteiger partial charge in [-0.3, -0.25) is 0 Å². The topological polar surface area (TPSA) is 44.0 Å². The maximum Gasteiger partial charge on any atom is 0.0621 e. The minimum Gasteiger partial charge on any atom is -0.393 e. The molecule has 0 saturated heterocycles. The quantitative estimate of drug-likeness (QED) is 0.678. The third-order valence-corrected chi connectivity index (χ3v) is 10.2. The van der Waals surface area contributed by atoms with Gasteiger partial charge in [-0.2, -0.15) is 5.26 Å². The van der Waals surface area contributed by atoms with Crippen molar-refractivity contribution in [2.75, 3.05) is 0 Å². The zero-order valence-corrected chi connectivity index (χ0v) is 17.2. The summed E-state index contributed by atoms with van der Waals surface area (Å²) in [4.78, 5) is 0. The molecule has 0 radical (unpaired) electrons. The maximum atomic E-state index is 11.0. The summed E-state index contributed by atoms with van der Waals surface area (Å²) in [5, 5.41) is 20.0. The number of nitriles is 1. The van der Waals surface area contributed by atoms with Crippen LogP contribution in [0.1, 0.15) is 91.4 Å². The Balaban J connectivity index is 1.57. The van der Waals surface area contributed by atoms with Gasteiger partial charge in [0.1, 0.15) is 0 Å². The zero-order valence-electron chi connectivity index (χ0n) is 17.2. The van der Waals surface area contributed by atoms with Crippen molar-refractivity contribution in [3.05, 3.63) is 0 Å². The van der Waals surface area contributed by atoms with Gasteiger partial charge in [0.05, 0.1) is 12.2 Å². The molecular weight excluding hydrogens is 318 g/mol. The van der Waals surface area contributed by atoms with Crippen LogP contribution in [0.15, 0.2) is 0 Å². The summed E-state index contributed by atoms with van der Waals surface area (Å²) in [6.45, 7) is 7.47. The Hall–Kier alpha value is -0.550. The van der Waals surface area contributed by atoms with E-state index in [0.29, 0.717) is 11.3 Å². The smallest absolute Gasteiger partial charge is 0.0621 e. The van der Waals surface area contributed by atoms with Gasteiger partial charge in [0.25, 0.3) is 0 Å². The number of hydrogen-bond acceptors (Lipinski definition) is 2. The van der Waals surface area contributed by atoms with Crippen LogP contribution >= 0.6 is 0 Å². The molecule has 146 valence electrons. The lowest BCUT2D eigenvalue weighted by Gasteiger charge is -2.62. The minimum atomic E-state index is -0.0647. The van der Waals surface area contributed by atoms with E-state index in [1.165, 1.54) is 51.4 Å². The number of hydrogen-bond donors (Lipinski definition) is 1. The van der Waals surface area contributed by atoms with Crippen LogP contribution in [0.2, 0.25) is 0 Å². The average Bonchev–Trinajstić information content (AvgIpc) is 2.98. The highest BCUT2D eigenvalue weighted by Gasteiger charge is 2.61. The Kier molecular flexibility index (Phi) is 4.92. The van der Waals surface area contributed by atoms with E-state index >= 15 is 0 Å². The molecule has 4 saturated carbocycles. The van der Waals surface area contributed by atoms with Crippen molar-refractivity contribution in [1.29, 1.82) is 5.26 Å². The van der Waals surface area contributed by atoms with Crippen molar-refractivity contribution in [3.63, 3.8) is 0 Å². The van der Waals surface area contributed by atoms with E-state index in [9.17, 15) is 5.11 Å². The van der Waals surface area contributed by atoms with Crippen molar-refractivity contribution < 1.29 is 5.11 Å². The fraction of sp³-hybridized carbons (Fsp3) is 0.958. The Morgan fingerprint density at radius 2 is 1.85 bits per heavy atom. The largest absolute Gasteiger partial charge is 0.393 e. The van der Waals surface area contributed by atoms with Crippen LogP contribution in [0, 0.1) is 57.7 Å². The van der Waals surface area contributed by atoms with Gasteiger partial charge in [0.2, 0.25) is 0 Å². The van der Waals surface area contributed by atoms with E-state index < -0.39 is 0 Å². The summed E-state index contributed by atoms with van der Waals surface area (Å²) < 4.78 is 0. The molecule has 0 aromatic rings. The number of nitrogens with zero attached hydrogens (tertiary/aromatic N) is 1. The minimum absolute atomic E-state index is 0.0647. The van der Waals surface area contributed by atoms with Gasteiger partial charge in [0.15, 0.2) is 0 Å². The first-order valence-corrected chi connectivity index (χ1v) is 11.5.